The molecule has 0 amide bonds. The van der Waals surface area contributed by atoms with Crippen molar-refractivity contribution in [3.63, 3.8) is 0 Å². The molecule has 0 radical (unpaired) electrons. The number of imidazole rings is 1. The van der Waals surface area contributed by atoms with E-state index in [1.165, 1.54) is 10.8 Å². The lowest BCUT2D eigenvalue weighted by Crippen LogP contribution is -2.41. The van der Waals surface area contributed by atoms with Crippen LogP contribution in [0.2, 0.25) is 5.22 Å². The highest BCUT2D eigenvalue weighted by Crippen LogP contribution is 2.21. The number of rotatable bonds is 13. The fourth-order valence-electron chi connectivity index (χ4n) is 4.46. The van der Waals surface area contributed by atoms with E-state index < -0.39 is 11.8 Å². The molecule has 0 bridgehead atoms. The average molecular weight is 544 g/mol. The second-order valence-electron chi connectivity index (χ2n) is 9.26. The molecule has 1 atom stereocenters. The van der Waals surface area contributed by atoms with Crippen molar-refractivity contribution in [3.05, 3.63) is 73.5 Å². The van der Waals surface area contributed by atoms with Crippen LogP contribution in [0.15, 0.2) is 44.6 Å². The number of nitrogens with two attached hydrogens (primary N) is 1. The number of nitrogens with zero attached hydrogens (tertiary/aromatic N) is 5. The first-order valence-electron chi connectivity index (χ1n) is 12.9. The number of aliphatic hydroxyl groups is 1. The third-order valence-corrected chi connectivity index (χ3v) is 6.92. The number of nitrogens with one attached hydrogen (secondary N) is 1. The number of halogens is 1. The summed E-state index contributed by atoms with van der Waals surface area (Å²) < 4.78 is 9.67. The molecule has 0 aliphatic heterocycles. The lowest BCUT2D eigenvalue weighted by atomic mass is 10.1. The summed E-state index contributed by atoms with van der Waals surface area (Å²) in [6, 6.07) is 7.51. The van der Waals surface area contributed by atoms with Gasteiger partial charge < -0.3 is 25.2 Å². The Bertz CT molecular complexity index is 1500. The number of hydrogen-bond acceptors (Lipinski definition) is 8. The number of para-hydroxylation sites is 1. The molecule has 0 aliphatic carbocycles. The summed E-state index contributed by atoms with van der Waals surface area (Å²) in [7, 11) is 0. The molecule has 3 aromatic heterocycles. The standard InChI is InChI=1S/C26H34ClN7O4/c1-3-11-34-25(36)22-24(33(26(34)37)12-9-17-7-5-6-8-20(17)28)31-21(14-18-15-30-38-23(18)27)32(22)13-10-29-16-19(35)4-2/h5-8,15,19,29,35H,3-4,9-14,16,28H2,1-2H3. The summed E-state index contributed by atoms with van der Waals surface area (Å²) >= 11 is 6.17. The summed E-state index contributed by atoms with van der Waals surface area (Å²) in [5.74, 6) is 0.557. The van der Waals surface area contributed by atoms with Crippen LogP contribution in [0.25, 0.3) is 11.2 Å². The van der Waals surface area contributed by atoms with Gasteiger partial charge in [-0.1, -0.05) is 37.2 Å². The summed E-state index contributed by atoms with van der Waals surface area (Å²) in [6.07, 6.45) is 3.09. The van der Waals surface area contributed by atoms with Crippen molar-refractivity contribution in [3.8, 4) is 0 Å². The van der Waals surface area contributed by atoms with E-state index in [-0.39, 0.29) is 17.2 Å². The molecule has 1 unspecified atom stereocenters. The maximum Gasteiger partial charge on any atom is 0.332 e. The number of fused-ring (bicyclic) bond motifs is 1. The van der Waals surface area contributed by atoms with E-state index in [1.54, 1.807) is 4.57 Å². The van der Waals surface area contributed by atoms with Crippen LogP contribution in [0.3, 0.4) is 0 Å². The molecule has 4 aromatic rings. The predicted molar refractivity (Wildman–Crippen MR) is 147 cm³/mol. The Kier molecular flexibility index (Phi) is 9.03. The fraction of sp³-hybridized carbons (Fsp3) is 0.462. The third-order valence-electron chi connectivity index (χ3n) is 6.61. The van der Waals surface area contributed by atoms with Crippen LogP contribution >= 0.6 is 11.6 Å². The Labute approximate surface area is 224 Å². The Morgan fingerprint density at radius 2 is 1.89 bits per heavy atom. The molecule has 0 spiro atoms. The van der Waals surface area contributed by atoms with Gasteiger partial charge in [-0.15, -0.1) is 0 Å². The molecule has 1 aromatic carbocycles. The number of benzene rings is 1. The second-order valence-corrected chi connectivity index (χ2v) is 9.60. The van der Waals surface area contributed by atoms with E-state index in [1.807, 2.05) is 42.7 Å². The minimum absolute atomic E-state index is 0.146. The van der Waals surface area contributed by atoms with Crippen LogP contribution in [0, 0.1) is 0 Å². The minimum atomic E-state index is -0.456. The summed E-state index contributed by atoms with van der Waals surface area (Å²) in [5, 5.41) is 17.0. The Morgan fingerprint density at radius 3 is 2.58 bits per heavy atom. The molecule has 4 N–H and O–H groups in total. The van der Waals surface area contributed by atoms with Gasteiger partial charge in [-0.25, -0.2) is 9.78 Å². The van der Waals surface area contributed by atoms with Gasteiger partial charge in [0.1, 0.15) is 5.82 Å². The molecule has 3 heterocycles. The molecule has 0 fully saturated rings. The smallest absolute Gasteiger partial charge is 0.332 e. The normalized spacial score (nSPS) is 12.4. The van der Waals surface area contributed by atoms with Gasteiger partial charge in [0.2, 0.25) is 5.22 Å². The highest BCUT2D eigenvalue weighted by atomic mass is 35.5. The van der Waals surface area contributed by atoms with Crippen LogP contribution in [0.1, 0.15) is 43.6 Å². The average Bonchev–Trinajstić information content (AvgIpc) is 3.48. The maximum atomic E-state index is 13.7. The van der Waals surface area contributed by atoms with Gasteiger partial charge in [0, 0.05) is 50.4 Å². The van der Waals surface area contributed by atoms with Gasteiger partial charge >= 0.3 is 5.69 Å². The van der Waals surface area contributed by atoms with E-state index in [4.69, 9.17) is 26.8 Å². The third kappa shape index (κ3) is 5.85. The largest absolute Gasteiger partial charge is 0.399 e. The van der Waals surface area contributed by atoms with Gasteiger partial charge in [0.15, 0.2) is 11.2 Å². The molecule has 0 saturated heterocycles. The highest BCUT2D eigenvalue weighted by Gasteiger charge is 2.23. The Morgan fingerprint density at radius 1 is 1.11 bits per heavy atom. The van der Waals surface area contributed by atoms with Crippen molar-refractivity contribution >= 4 is 28.5 Å². The van der Waals surface area contributed by atoms with Crippen LogP contribution in [-0.4, -0.2) is 48.1 Å². The van der Waals surface area contributed by atoms with E-state index in [9.17, 15) is 14.7 Å². The molecule has 12 heteroatoms. The molecular weight excluding hydrogens is 510 g/mol. The molecular formula is C26H34ClN7O4. The lowest BCUT2D eigenvalue weighted by molar-refractivity contribution is 0.167. The Balaban J connectivity index is 1.82. The monoisotopic (exact) mass is 543 g/mol. The van der Waals surface area contributed by atoms with Gasteiger partial charge in [0.25, 0.3) is 5.56 Å². The molecule has 0 aliphatic rings. The summed E-state index contributed by atoms with van der Waals surface area (Å²) in [4.78, 5) is 32.0. The minimum Gasteiger partial charge on any atom is -0.399 e. The van der Waals surface area contributed by atoms with Crippen molar-refractivity contribution in [1.82, 2.24) is 29.2 Å². The number of hydrogen-bond donors (Lipinski definition) is 3. The van der Waals surface area contributed by atoms with Crippen LogP contribution in [-0.2, 0) is 32.5 Å². The van der Waals surface area contributed by atoms with Crippen molar-refractivity contribution in [2.45, 2.75) is 65.3 Å². The lowest BCUT2D eigenvalue weighted by Gasteiger charge is -2.14. The molecule has 0 saturated carbocycles. The van der Waals surface area contributed by atoms with Crippen molar-refractivity contribution in [2.24, 2.45) is 0 Å². The van der Waals surface area contributed by atoms with Gasteiger partial charge in [0.05, 0.1) is 12.3 Å². The van der Waals surface area contributed by atoms with E-state index in [2.05, 4.69) is 10.5 Å². The number of anilines is 1. The topological polar surface area (TPSA) is 146 Å². The molecule has 204 valence electrons. The van der Waals surface area contributed by atoms with Gasteiger partial charge in [-0.2, -0.15) is 0 Å². The van der Waals surface area contributed by atoms with E-state index >= 15 is 0 Å². The van der Waals surface area contributed by atoms with Crippen molar-refractivity contribution in [2.75, 3.05) is 18.8 Å². The zero-order valence-corrected chi connectivity index (χ0v) is 22.4. The highest BCUT2D eigenvalue weighted by molar-refractivity contribution is 6.29. The predicted octanol–water partition coefficient (Wildman–Crippen LogP) is 2.19. The van der Waals surface area contributed by atoms with Crippen LogP contribution in [0.5, 0.6) is 0 Å². The van der Waals surface area contributed by atoms with Crippen molar-refractivity contribution < 1.29 is 9.63 Å². The first-order valence-corrected chi connectivity index (χ1v) is 13.3. The van der Waals surface area contributed by atoms with Crippen molar-refractivity contribution in [1.29, 1.82) is 0 Å². The van der Waals surface area contributed by atoms with Gasteiger partial charge in [-0.3, -0.25) is 13.9 Å². The SMILES string of the molecule is CCCn1c(=O)c2c(nc(Cc3cnoc3Cl)n2CCNCC(O)CC)n(CCc2ccccc2N)c1=O. The first kappa shape index (κ1) is 27.6. The zero-order valence-electron chi connectivity index (χ0n) is 21.7. The van der Waals surface area contributed by atoms with Crippen LogP contribution < -0.4 is 22.3 Å². The van der Waals surface area contributed by atoms with Crippen LogP contribution in [0.4, 0.5) is 5.69 Å². The number of aromatic nitrogens is 5. The Hall–Kier alpha value is -3.41. The molecule has 38 heavy (non-hydrogen) atoms. The molecule has 4 rings (SSSR count). The zero-order chi connectivity index (χ0) is 27.2. The number of aryl methyl sites for hydroxylation is 2. The van der Waals surface area contributed by atoms with E-state index in [0.29, 0.717) is 80.2 Å². The first-order chi connectivity index (χ1) is 18.3. The second kappa shape index (κ2) is 12.4. The fourth-order valence-corrected chi connectivity index (χ4v) is 4.62. The van der Waals surface area contributed by atoms with Gasteiger partial charge in [-0.05, 0) is 42.5 Å². The van der Waals surface area contributed by atoms with E-state index in [0.717, 1.165) is 5.56 Å². The number of nitrogen functional groups attached to an aromatic ring is 1. The quantitative estimate of drug-likeness (QED) is 0.172. The molecule has 11 nitrogen and oxygen atoms in total. The summed E-state index contributed by atoms with van der Waals surface area (Å²) in [5.41, 5.74) is 8.20. The summed E-state index contributed by atoms with van der Waals surface area (Å²) in [6.45, 7) is 5.74. The number of aliphatic hydroxyl groups excluding tert-OH is 1. The maximum absolute atomic E-state index is 13.7.